The van der Waals surface area contributed by atoms with Gasteiger partial charge in [0.05, 0.1) is 22.1 Å². The Labute approximate surface area is 205 Å². The van der Waals surface area contributed by atoms with E-state index in [0.29, 0.717) is 13.0 Å². The maximum atomic E-state index is 14.1. The highest BCUT2D eigenvalue weighted by Crippen LogP contribution is 2.60. The molecule has 0 radical (unpaired) electrons. The predicted octanol–water partition coefficient (Wildman–Crippen LogP) is 0.580. The van der Waals surface area contributed by atoms with Crippen LogP contribution in [0.25, 0.3) is 11.0 Å². The summed E-state index contributed by atoms with van der Waals surface area (Å²) in [5.41, 5.74) is 1.55. The van der Waals surface area contributed by atoms with Crippen molar-refractivity contribution in [1.29, 1.82) is 0 Å². The maximum Gasteiger partial charge on any atom is 0.311 e. The minimum absolute atomic E-state index is 0.100. The van der Waals surface area contributed by atoms with Crippen LogP contribution in [0.4, 0.5) is 0 Å². The summed E-state index contributed by atoms with van der Waals surface area (Å²) in [5.74, 6) is -2.20. The number of hydrogen-bond donors (Lipinski definition) is 1. The number of thioether (sulfide) groups is 1. The number of aromatic nitrogens is 3. The van der Waals surface area contributed by atoms with Crippen molar-refractivity contribution in [2.24, 2.45) is 11.8 Å². The van der Waals surface area contributed by atoms with Crippen LogP contribution >= 0.6 is 11.8 Å². The molecule has 6 rings (SSSR count). The summed E-state index contributed by atoms with van der Waals surface area (Å²) < 4.78 is 6.16. The molecule has 1 aromatic carbocycles. The summed E-state index contributed by atoms with van der Waals surface area (Å²) in [6.07, 6.45) is 7.95. The molecule has 1 aromatic heterocycles. The van der Waals surface area contributed by atoms with Crippen LogP contribution in [0.2, 0.25) is 0 Å². The van der Waals surface area contributed by atoms with Gasteiger partial charge in [-0.3, -0.25) is 14.4 Å². The number of aliphatic hydroxyl groups is 1. The topological polar surface area (TPSA) is 118 Å². The highest BCUT2D eigenvalue weighted by molar-refractivity contribution is 8.02. The van der Waals surface area contributed by atoms with E-state index in [1.165, 1.54) is 11.8 Å². The van der Waals surface area contributed by atoms with Gasteiger partial charge in [-0.2, -0.15) is 0 Å². The summed E-state index contributed by atoms with van der Waals surface area (Å²) in [4.78, 5) is 44.1. The molecule has 2 fully saturated rings. The zero-order valence-corrected chi connectivity index (χ0v) is 19.7. The van der Waals surface area contributed by atoms with Gasteiger partial charge in [0.2, 0.25) is 11.8 Å². The molecule has 0 bridgehead atoms. The number of nitrogens with zero attached hydrogens (tertiary/aromatic N) is 5. The zero-order chi connectivity index (χ0) is 24.2. The minimum Gasteiger partial charge on any atom is -0.461 e. The third-order valence-electron chi connectivity index (χ3n) is 7.28. The number of rotatable bonds is 5. The first kappa shape index (κ1) is 22.3. The van der Waals surface area contributed by atoms with Gasteiger partial charge in [0.1, 0.15) is 24.8 Å². The summed E-state index contributed by atoms with van der Waals surface area (Å²) in [7, 11) is 0. The van der Waals surface area contributed by atoms with Crippen molar-refractivity contribution in [2.75, 3.05) is 26.3 Å². The van der Waals surface area contributed by atoms with Crippen LogP contribution in [0.5, 0.6) is 0 Å². The van der Waals surface area contributed by atoms with Gasteiger partial charge in [-0.15, -0.1) is 16.9 Å². The van der Waals surface area contributed by atoms with Crippen molar-refractivity contribution >= 4 is 40.6 Å². The average molecular weight is 496 g/mol. The lowest BCUT2D eigenvalue weighted by molar-refractivity contribution is -0.151. The molecule has 2 amide bonds. The number of aliphatic hydroxyl groups excluding tert-OH is 1. The van der Waals surface area contributed by atoms with Gasteiger partial charge in [0, 0.05) is 24.9 Å². The van der Waals surface area contributed by atoms with Crippen LogP contribution in [0.1, 0.15) is 6.42 Å². The van der Waals surface area contributed by atoms with E-state index in [4.69, 9.17) is 4.74 Å². The molecular weight excluding hydrogens is 470 g/mol. The molecule has 1 N–H and O–H groups in total. The van der Waals surface area contributed by atoms with Gasteiger partial charge in [-0.05, 0) is 18.6 Å². The Morgan fingerprint density at radius 3 is 2.89 bits per heavy atom. The van der Waals surface area contributed by atoms with Crippen molar-refractivity contribution in [3.63, 3.8) is 0 Å². The Hall–Kier alpha value is -3.18. The molecule has 10 nitrogen and oxygen atoms in total. The van der Waals surface area contributed by atoms with Gasteiger partial charge in [0.25, 0.3) is 0 Å². The Bertz CT molecular complexity index is 1260. The molecule has 1 unspecified atom stereocenters. The molecule has 4 aliphatic rings. The molecule has 0 saturated carbocycles. The van der Waals surface area contributed by atoms with Crippen LogP contribution in [0.15, 0.2) is 48.6 Å². The molecule has 35 heavy (non-hydrogen) atoms. The molecule has 4 aliphatic heterocycles. The van der Waals surface area contributed by atoms with E-state index in [1.54, 1.807) is 20.6 Å². The van der Waals surface area contributed by atoms with Crippen molar-refractivity contribution < 1.29 is 24.2 Å². The molecule has 2 saturated heterocycles. The third kappa shape index (κ3) is 3.32. The summed E-state index contributed by atoms with van der Waals surface area (Å²) in [6.45, 7) is 0.850. The predicted molar refractivity (Wildman–Crippen MR) is 127 cm³/mol. The fourth-order valence-electron chi connectivity index (χ4n) is 5.81. The first-order valence-electron chi connectivity index (χ1n) is 11.7. The first-order valence-corrected chi connectivity index (χ1v) is 12.6. The third-order valence-corrected chi connectivity index (χ3v) is 9.02. The second-order valence-corrected chi connectivity index (χ2v) is 10.7. The number of amides is 2. The molecule has 2 aromatic rings. The molecule has 11 heteroatoms. The smallest absolute Gasteiger partial charge is 0.311 e. The summed E-state index contributed by atoms with van der Waals surface area (Å²) in [5, 5.41) is 17.6. The number of ether oxygens (including phenoxy) is 1. The lowest BCUT2D eigenvalue weighted by atomic mass is 9.78. The largest absolute Gasteiger partial charge is 0.461 e. The number of carbonyl (C=O) groups is 3. The van der Waals surface area contributed by atoms with Crippen molar-refractivity contribution in [1.82, 2.24) is 24.8 Å². The highest BCUT2D eigenvalue weighted by atomic mass is 32.2. The molecule has 5 atom stereocenters. The quantitative estimate of drug-likeness (QED) is 0.473. The lowest BCUT2D eigenvalue weighted by Gasteiger charge is -2.35. The van der Waals surface area contributed by atoms with Gasteiger partial charge in [-0.25, -0.2) is 4.68 Å². The number of cyclic esters (lactones) is 1. The monoisotopic (exact) mass is 495 g/mol. The van der Waals surface area contributed by atoms with Crippen LogP contribution in [-0.4, -0.2) is 90.0 Å². The van der Waals surface area contributed by atoms with Gasteiger partial charge in [-0.1, -0.05) is 41.7 Å². The Morgan fingerprint density at radius 2 is 2.03 bits per heavy atom. The van der Waals surface area contributed by atoms with E-state index in [-0.39, 0.29) is 43.5 Å². The molecule has 182 valence electrons. The Morgan fingerprint density at radius 1 is 1.17 bits per heavy atom. The zero-order valence-electron chi connectivity index (χ0n) is 18.9. The number of likely N-dealkylation sites (tertiary alicyclic amines) is 1. The second-order valence-electron chi connectivity index (χ2n) is 9.19. The maximum absolute atomic E-state index is 14.1. The van der Waals surface area contributed by atoms with Crippen LogP contribution in [0, 0.1) is 11.8 Å². The number of benzene rings is 1. The molecular formula is C24H25N5O5S. The standard InChI is InChI=1S/C24H25N5O5S/c30-12-5-11-28-20-22(32)27(14-29-16-7-2-1-6-15(16)25-26-29)10-4-9-24(20)19(21(28)31)18-17(35-24)8-3-13-34-23(18)33/h1-4,6-9,17-20,30H,5,10-14H2/t17-,18+,19-,20?,24-/m0/s1. The van der Waals surface area contributed by atoms with Gasteiger partial charge < -0.3 is 19.6 Å². The van der Waals surface area contributed by atoms with Crippen LogP contribution in [0.3, 0.4) is 0 Å². The Kier molecular flexibility index (Phi) is 5.41. The van der Waals surface area contributed by atoms with E-state index in [0.717, 1.165) is 11.0 Å². The van der Waals surface area contributed by atoms with E-state index in [1.807, 2.05) is 42.5 Å². The number of para-hydroxylation sites is 1. The van der Waals surface area contributed by atoms with Crippen LogP contribution < -0.4 is 0 Å². The Balaban J connectivity index is 1.39. The number of esters is 1. The van der Waals surface area contributed by atoms with E-state index in [2.05, 4.69) is 10.3 Å². The number of carbonyl (C=O) groups excluding carboxylic acids is 3. The van der Waals surface area contributed by atoms with Crippen molar-refractivity contribution in [3.8, 4) is 0 Å². The lowest BCUT2D eigenvalue weighted by Crippen LogP contribution is -2.53. The average Bonchev–Trinajstić information content (AvgIpc) is 3.40. The van der Waals surface area contributed by atoms with Gasteiger partial charge in [0.15, 0.2) is 0 Å². The molecule has 0 aliphatic carbocycles. The fourth-order valence-corrected chi connectivity index (χ4v) is 7.81. The fraction of sp³-hybridized carbons (Fsp3) is 0.458. The summed E-state index contributed by atoms with van der Waals surface area (Å²) >= 11 is 1.50. The number of fused-ring (bicyclic) bond motifs is 3. The molecule has 5 heterocycles. The van der Waals surface area contributed by atoms with Gasteiger partial charge >= 0.3 is 5.97 Å². The first-order chi connectivity index (χ1) is 17.0. The molecule has 1 spiro atoms. The van der Waals surface area contributed by atoms with Crippen molar-refractivity contribution in [2.45, 2.75) is 29.1 Å². The summed E-state index contributed by atoms with van der Waals surface area (Å²) in [6, 6.07) is 6.74. The van der Waals surface area contributed by atoms with Crippen LogP contribution in [-0.2, 0) is 25.8 Å². The van der Waals surface area contributed by atoms with E-state index >= 15 is 0 Å². The number of hydrogen-bond acceptors (Lipinski definition) is 8. The van der Waals surface area contributed by atoms with Crippen molar-refractivity contribution in [3.05, 3.63) is 48.6 Å². The second kappa shape index (κ2) is 8.49. The SMILES string of the molecule is O=C1OCC=C[C@@H]2S[C@]34C=CCN(Cn5nnc6ccccc65)C(=O)C3N(CCCO)C(=O)[C@@H]4[C@H]12. The van der Waals surface area contributed by atoms with E-state index in [9.17, 15) is 19.5 Å². The normalized spacial score (nSPS) is 31.9. The minimum atomic E-state index is -0.890. The highest BCUT2D eigenvalue weighted by Gasteiger charge is 2.71. The van der Waals surface area contributed by atoms with E-state index < -0.39 is 28.6 Å².